The molecule has 0 atom stereocenters. The van der Waals surface area contributed by atoms with Gasteiger partial charge >= 0.3 is 11.7 Å². The van der Waals surface area contributed by atoms with Gasteiger partial charge in [0.1, 0.15) is 11.3 Å². The lowest BCUT2D eigenvalue weighted by molar-refractivity contribution is -0.384. The van der Waals surface area contributed by atoms with Crippen molar-refractivity contribution in [3.05, 3.63) is 50.5 Å². The summed E-state index contributed by atoms with van der Waals surface area (Å²) in [6.07, 6.45) is 0. The average molecular weight is 354 g/mol. The van der Waals surface area contributed by atoms with Gasteiger partial charge in [0.05, 0.1) is 4.92 Å². The standard InChI is InChI=1S/C12H8BrN3O5/c13-6-1-2-7(12(17)18)9(5-6)21-10-4-3-8(16(19)20)11(14)15-10/h1-5H,(H2,14,15)(H,17,18). The van der Waals surface area contributed by atoms with E-state index in [1.54, 1.807) is 6.07 Å². The van der Waals surface area contributed by atoms with E-state index in [2.05, 4.69) is 20.9 Å². The lowest BCUT2D eigenvalue weighted by Gasteiger charge is -2.08. The van der Waals surface area contributed by atoms with Gasteiger partial charge in [-0.05, 0) is 18.2 Å². The van der Waals surface area contributed by atoms with Crippen molar-refractivity contribution in [1.82, 2.24) is 4.98 Å². The molecule has 0 amide bonds. The Bertz CT molecular complexity index is 735. The van der Waals surface area contributed by atoms with Gasteiger partial charge < -0.3 is 15.6 Å². The molecule has 108 valence electrons. The van der Waals surface area contributed by atoms with Crippen LogP contribution >= 0.6 is 15.9 Å². The molecule has 21 heavy (non-hydrogen) atoms. The van der Waals surface area contributed by atoms with Crippen molar-refractivity contribution in [2.24, 2.45) is 0 Å². The first-order valence-corrected chi connectivity index (χ1v) is 6.29. The number of nitrogen functional groups attached to an aromatic ring is 1. The summed E-state index contributed by atoms with van der Waals surface area (Å²) in [4.78, 5) is 24.8. The highest BCUT2D eigenvalue weighted by atomic mass is 79.9. The van der Waals surface area contributed by atoms with Crippen LogP contribution in [0.15, 0.2) is 34.8 Å². The average Bonchev–Trinajstić information content (AvgIpc) is 2.37. The van der Waals surface area contributed by atoms with Gasteiger partial charge in [-0.15, -0.1) is 0 Å². The number of carbonyl (C=O) groups is 1. The predicted molar refractivity (Wildman–Crippen MR) is 76.5 cm³/mol. The molecule has 9 heteroatoms. The summed E-state index contributed by atoms with van der Waals surface area (Å²) in [5.41, 5.74) is 5.02. The van der Waals surface area contributed by atoms with Gasteiger partial charge in [0, 0.05) is 16.6 Å². The summed E-state index contributed by atoms with van der Waals surface area (Å²) >= 11 is 3.20. The van der Waals surface area contributed by atoms with Crippen LogP contribution in [0.25, 0.3) is 0 Å². The quantitative estimate of drug-likeness (QED) is 0.638. The van der Waals surface area contributed by atoms with E-state index in [4.69, 9.17) is 15.6 Å². The lowest BCUT2D eigenvalue weighted by atomic mass is 10.2. The molecule has 0 radical (unpaired) electrons. The molecule has 3 N–H and O–H groups in total. The first kappa shape index (κ1) is 14.7. The summed E-state index contributed by atoms with van der Waals surface area (Å²) < 4.78 is 5.95. The molecule has 0 fully saturated rings. The van der Waals surface area contributed by atoms with Crippen LogP contribution < -0.4 is 10.5 Å². The van der Waals surface area contributed by atoms with Gasteiger partial charge in [0.25, 0.3) is 0 Å². The van der Waals surface area contributed by atoms with Crippen molar-refractivity contribution >= 4 is 33.4 Å². The zero-order chi connectivity index (χ0) is 15.6. The van der Waals surface area contributed by atoms with Crippen LogP contribution in [0.2, 0.25) is 0 Å². The number of anilines is 1. The van der Waals surface area contributed by atoms with E-state index >= 15 is 0 Å². The number of carboxylic acids is 1. The molecule has 0 aliphatic heterocycles. The van der Waals surface area contributed by atoms with Crippen LogP contribution in [0.1, 0.15) is 10.4 Å². The highest BCUT2D eigenvalue weighted by Gasteiger charge is 2.16. The lowest BCUT2D eigenvalue weighted by Crippen LogP contribution is -2.02. The van der Waals surface area contributed by atoms with E-state index in [1.165, 1.54) is 18.2 Å². The first-order valence-electron chi connectivity index (χ1n) is 5.50. The second-order valence-electron chi connectivity index (χ2n) is 3.86. The minimum absolute atomic E-state index is 0.0395. The maximum Gasteiger partial charge on any atom is 0.339 e. The van der Waals surface area contributed by atoms with Gasteiger partial charge in [-0.2, -0.15) is 4.98 Å². The van der Waals surface area contributed by atoms with Crippen molar-refractivity contribution in [1.29, 1.82) is 0 Å². The number of rotatable bonds is 4. The van der Waals surface area contributed by atoms with Gasteiger partial charge in [-0.25, -0.2) is 4.79 Å². The van der Waals surface area contributed by atoms with E-state index < -0.39 is 10.9 Å². The first-order chi connectivity index (χ1) is 9.88. The smallest absolute Gasteiger partial charge is 0.339 e. The minimum atomic E-state index is -1.17. The fraction of sp³-hybridized carbons (Fsp3) is 0. The van der Waals surface area contributed by atoms with Crippen LogP contribution in [0.5, 0.6) is 11.6 Å². The number of carboxylic acid groups (broad SMARTS) is 1. The van der Waals surface area contributed by atoms with Crippen LogP contribution in [0.3, 0.4) is 0 Å². The maximum absolute atomic E-state index is 11.1. The molecule has 0 unspecified atom stereocenters. The van der Waals surface area contributed by atoms with Crippen molar-refractivity contribution in [3.63, 3.8) is 0 Å². The van der Waals surface area contributed by atoms with Crippen LogP contribution in [0, 0.1) is 10.1 Å². The number of hydrogen-bond donors (Lipinski definition) is 2. The molecule has 8 nitrogen and oxygen atoms in total. The van der Waals surface area contributed by atoms with Gasteiger partial charge in [0.15, 0.2) is 0 Å². The second kappa shape index (κ2) is 5.75. The molecule has 2 aromatic rings. The number of aromatic nitrogens is 1. The minimum Gasteiger partial charge on any atom is -0.478 e. The molecule has 0 aliphatic carbocycles. The van der Waals surface area contributed by atoms with Crippen LogP contribution in [0.4, 0.5) is 11.5 Å². The molecule has 1 heterocycles. The molecule has 2 rings (SSSR count). The number of nitro groups is 1. The third-order valence-corrected chi connectivity index (χ3v) is 2.96. The number of benzene rings is 1. The van der Waals surface area contributed by atoms with E-state index in [9.17, 15) is 14.9 Å². The maximum atomic E-state index is 11.1. The molecular formula is C12H8BrN3O5. The Labute approximate surface area is 126 Å². The number of nitrogens with two attached hydrogens (primary N) is 1. The van der Waals surface area contributed by atoms with Crippen molar-refractivity contribution in [2.45, 2.75) is 0 Å². The number of nitrogens with zero attached hydrogens (tertiary/aromatic N) is 2. The van der Waals surface area contributed by atoms with E-state index in [1.807, 2.05) is 0 Å². The van der Waals surface area contributed by atoms with E-state index in [0.717, 1.165) is 6.07 Å². The molecule has 0 spiro atoms. The number of aromatic carboxylic acids is 1. The Kier molecular flexibility index (Phi) is 4.03. The fourth-order valence-corrected chi connectivity index (χ4v) is 1.87. The van der Waals surface area contributed by atoms with Gasteiger partial charge in [-0.1, -0.05) is 15.9 Å². The third kappa shape index (κ3) is 3.26. The monoisotopic (exact) mass is 353 g/mol. The summed E-state index contributed by atoms with van der Waals surface area (Å²) in [7, 11) is 0. The SMILES string of the molecule is Nc1nc(Oc2cc(Br)ccc2C(=O)O)ccc1[N+](=O)[O-]. The Morgan fingerprint density at radius 3 is 2.67 bits per heavy atom. The van der Waals surface area contributed by atoms with Crippen molar-refractivity contribution in [3.8, 4) is 11.6 Å². The fourth-order valence-electron chi connectivity index (χ4n) is 1.53. The second-order valence-corrected chi connectivity index (χ2v) is 4.77. The Hall–Kier alpha value is -2.68. The predicted octanol–water partition coefficient (Wildman–Crippen LogP) is 2.83. The summed E-state index contributed by atoms with van der Waals surface area (Å²) in [6.45, 7) is 0. The summed E-state index contributed by atoms with van der Waals surface area (Å²) in [5, 5.41) is 19.7. The molecule has 0 bridgehead atoms. The summed E-state index contributed by atoms with van der Waals surface area (Å²) in [5.74, 6) is -1.49. The Morgan fingerprint density at radius 2 is 2.10 bits per heavy atom. The van der Waals surface area contributed by atoms with Crippen molar-refractivity contribution in [2.75, 3.05) is 5.73 Å². The highest BCUT2D eigenvalue weighted by Crippen LogP contribution is 2.30. The molecule has 1 aromatic heterocycles. The Morgan fingerprint density at radius 1 is 1.38 bits per heavy atom. The topological polar surface area (TPSA) is 129 Å². The van der Waals surface area contributed by atoms with E-state index in [0.29, 0.717) is 4.47 Å². The number of pyridine rings is 1. The zero-order valence-electron chi connectivity index (χ0n) is 10.3. The molecular weight excluding hydrogens is 346 g/mol. The summed E-state index contributed by atoms with van der Waals surface area (Å²) in [6, 6.07) is 6.73. The van der Waals surface area contributed by atoms with Crippen molar-refractivity contribution < 1.29 is 19.6 Å². The van der Waals surface area contributed by atoms with Crippen LogP contribution in [-0.4, -0.2) is 21.0 Å². The van der Waals surface area contributed by atoms with E-state index in [-0.39, 0.29) is 28.7 Å². The van der Waals surface area contributed by atoms with Gasteiger partial charge in [-0.3, -0.25) is 10.1 Å². The number of ether oxygens (including phenoxy) is 1. The normalized spacial score (nSPS) is 10.1. The van der Waals surface area contributed by atoms with Crippen LogP contribution in [-0.2, 0) is 0 Å². The highest BCUT2D eigenvalue weighted by molar-refractivity contribution is 9.10. The largest absolute Gasteiger partial charge is 0.478 e. The zero-order valence-corrected chi connectivity index (χ0v) is 11.9. The molecule has 0 saturated heterocycles. The molecule has 1 aromatic carbocycles. The Balaban J connectivity index is 2.38. The molecule has 0 aliphatic rings. The van der Waals surface area contributed by atoms with Gasteiger partial charge in [0.2, 0.25) is 11.7 Å². The number of hydrogen-bond acceptors (Lipinski definition) is 6. The molecule has 0 saturated carbocycles. The third-order valence-electron chi connectivity index (χ3n) is 2.46. The number of halogens is 1.